The lowest BCUT2D eigenvalue weighted by molar-refractivity contribution is 0.0946. The maximum atomic E-state index is 12.4. The Morgan fingerprint density at radius 2 is 1.70 bits per heavy atom. The fourth-order valence-corrected chi connectivity index (χ4v) is 2.30. The smallest absolute Gasteiger partial charge is 0.270 e. The first kappa shape index (κ1) is 17.8. The van der Waals surface area contributed by atoms with Gasteiger partial charge in [-0.15, -0.1) is 0 Å². The molecule has 0 radical (unpaired) electrons. The lowest BCUT2D eigenvalue weighted by Gasteiger charge is -2.08. The van der Waals surface area contributed by atoms with Gasteiger partial charge in [0.05, 0.1) is 11.6 Å². The van der Waals surface area contributed by atoms with Crippen LogP contribution in [0.3, 0.4) is 0 Å². The molecule has 0 bridgehead atoms. The summed E-state index contributed by atoms with van der Waals surface area (Å²) in [5, 5.41) is 14.3. The van der Waals surface area contributed by atoms with Crippen LogP contribution >= 0.6 is 0 Å². The Labute approximate surface area is 155 Å². The summed E-state index contributed by atoms with van der Waals surface area (Å²) in [5.74, 6) is -0.745. The zero-order valence-corrected chi connectivity index (χ0v) is 14.2. The number of rotatable bonds is 5. The van der Waals surface area contributed by atoms with E-state index in [1.165, 1.54) is 18.3 Å². The monoisotopic (exact) mass is 357 g/mol. The second kappa shape index (κ2) is 8.36. The first-order valence-electron chi connectivity index (χ1n) is 8.10. The van der Waals surface area contributed by atoms with Gasteiger partial charge in [-0.3, -0.25) is 19.6 Å². The summed E-state index contributed by atoms with van der Waals surface area (Å²) in [6, 6.07) is 15.1. The van der Waals surface area contributed by atoms with Crippen molar-refractivity contribution in [2.75, 3.05) is 5.32 Å². The van der Waals surface area contributed by atoms with E-state index in [9.17, 15) is 9.59 Å². The maximum Gasteiger partial charge on any atom is 0.270 e. The summed E-state index contributed by atoms with van der Waals surface area (Å²) in [7, 11) is 0. The van der Waals surface area contributed by atoms with Crippen LogP contribution in [0.1, 0.15) is 32.0 Å². The number of nitrogens with one attached hydrogen (secondary N) is 2. The first-order valence-corrected chi connectivity index (χ1v) is 8.10. The third kappa shape index (κ3) is 4.74. The average molecular weight is 357 g/mol. The van der Waals surface area contributed by atoms with Crippen molar-refractivity contribution in [2.45, 2.75) is 6.54 Å². The number of nitrogens with zero attached hydrogens (tertiary/aromatic N) is 3. The minimum Gasteiger partial charge on any atom is -0.347 e. The molecule has 0 aliphatic rings. The van der Waals surface area contributed by atoms with Crippen LogP contribution in [0.2, 0.25) is 0 Å². The fraction of sp³-hybridized carbons (Fsp3) is 0.0500. The summed E-state index contributed by atoms with van der Waals surface area (Å²) >= 11 is 0. The van der Waals surface area contributed by atoms with E-state index >= 15 is 0 Å². The highest BCUT2D eigenvalue weighted by molar-refractivity contribution is 6.05. The second-order valence-corrected chi connectivity index (χ2v) is 5.61. The summed E-state index contributed by atoms with van der Waals surface area (Å²) in [6.07, 6.45) is 4.71. The van der Waals surface area contributed by atoms with Gasteiger partial charge in [0.1, 0.15) is 5.69 Å². The van der Waals surface area contributed by atoms with Crippen molar-refractivity contribution in [1.29, 1.82) is 5.26 Å². The van der Waals surface area contributed by atoms with E-state index in [1.54, 1.807) is 48.8 Å². The molecule has 1 aromatic carbocycles. The van der Waals surface area contributed by atoms with Crippen LogP contribution in [-0.4, -0.2) is 21.8 Å². The van der Waals surface area contributed by atoms with E-state index in [-0.39, 0.29) is 17.5 Å². The molecule has 0 saturated carbocycles. The average Bonchev–Trinajstić information content (AvgIpc) is 2.73. The molecule has 2 heterocycles. The molecule has 0 spiro atoms. The Bertz CT molecular complexity index is 995. The van der Waals surface area contributed by atoms with Gasteiger partial charge in [0.15, 0.2) is 0 Å². The molecule has 0 fully saturated rings. The Morgan fingerprint density at radius 3 is 2.41 bits per heavy atom. The molecule has 0 aliphatic heterocycles. The van der Waals surface area contributed by atoms with Crippen molar-refractivity contribution >= 4 is 17.5 Å². The van der Waals surface area contributed by atoms with Crippen LogP contribution in [0.5, 0.6) is 0 Å². The Morgan fingerprint density at radius 1 is 0.963 bits per heavy atom. The molecule has 0 unspecified atom stereocenters. The number of carbonyl (C=O) groups excluding carboxylic acids is 2. The molecule has 0 saturated heterocycles. The molecule has 3 aromatic rings. The summed E-state index contributed by atoms with van der Waals surface area (Å²) in [6.45, 7) is 0.338. The van der Waals surface area contributed by atoms with E-state index in [4.69, 9.17) is 5.26 Å². The van der Waals surface area contributed by atoms with E-state index in [0.717, 1.165) is 5.56 Å². The minimum absolute atomic E-state index is 0.150. The van der Waals surface area contributed by atoms with Crippen molar-refractivity contribution < 1.29 is 9.59 Å². The second-order valence-electron chi connectivity index (χ2n) is 5.61. The number of nitriles is 1. The van der Waals surface area contributed by atoms with E-state index in [0.29, 0.717) is 23.4 Å². The predicted molar refractivity (Wildman–Crippen MR) is 98.8 cm³/mol. The van der Waals surface area contributed by atoms with Gasteiger partial charge in [-0.2, -0.15) is 5.26 Å². The molecule has 132 valence electrons. The number of pyridine rings is 2. The van der Waals surface area contributed by atoms with Crippen molar-refractivity contribution in [3.63, 3.8) is 0 Å². The van der Waals surface area contributed by atoms with Gasteiger partial charge in [0.2, 0.25) is 0 Å². The molecule has 0 atom stereocenters. The Balaban J connectivity index is 1.65. The van der Waals surface area contributed by atoms with Gasteiger partial charge < -0.3 is 10.6 Å². The standard InChI is InChI=1S/C20H15N5O2/c21-12-14-1-3-17(4-2-14)25-19(26)16-7-10-23-18(11-16)20(27)24-13-15-5-8-22-9-6-15/h1-11H,13H2,(H,24,27)(H,25,26). The first-order chi connectivity index (χ1) is 13.2. The summed E-state index contributed by atoms with van der Waals surface area (Å²) in [4.78, 5) is 32.6. The zero-order chi connectivity index (χ0) is 19.1. The fourth-order valence-electron chi connectivity index (χ4n) is 2.30. The van der Waals surface area contributed by atoms with Crippen LogP contribution in [0.15, 0.2) is 67.1 Å². The Kier molecular flexibility index (Phi) is 5.50. The topological polar surface area (TPSA) is 108 Å². The maximum absolute atomic E-state index is 12.4. The van der Waals surface area contributed by atoms with E-state index in [1.807, 2.05) is 6.07 Å². The minimum atomic E-state index is -0.375. The molecule has 2 N–H and O–H groups in total. The molecular formula is C20H15N5O2. The lowest BCUT2D eigenvalue weighted by Crippen LogP contribution is -2.24. The number of carbonyl (C=O) groups is 2. The quantitative estimate of drug-likeness (QED) is 0.729. The highest BCUT2D eigenvalue weighted by Crippen LogP contribution is 2.11. The van der Waals surface area contributed by atoms with Crippen LogP contribution < -0.4 is 10.6 Å². The number of amides is 2. The molecule has 0 aliphatic carbocycles. The van der Waals surface area contributed by atoms with Crippen LogP contribution in [-0.2, 0) is 6.54 Å². The summed E-state index contributed by atoms with van der Waals surface area (Å²) < 4.78 is 0. The highest BCUT2D eigenvalue weighted by Gasteiger charge is 2.12. The van der Waals surface area contributed by atoms with E-state index in [2.05, 4.69) is 20.6 Å². The largest absolute Gasteiger partial charge is 0.347 e. The van der Waals surface area contributed by atoms with Gasteiger partial charge in [0.25, 0.3) is 11.8 Å². The van der Waals surface area contributed by atoms with Crippen molar-refractivity contribution in [1.82, 2.24) is 15.3 Å². The number of hydrogen-bond donors (Lipinski definition) is 2. The normalized spacial score (nSPS) is 9.89. The molecule has 7 nitrogen and oxygen atoms in total. The van der Waals surface area contributed by atoms with Gasteiger partial charge in [-0.05, 0) is 54.1 Å². The predicted octanol–water partition coefficient (Wildman–Crippen LogP) is 2.53. The van der Waals surface area contributed by atoms with Crippen molar-refractivity contribution in [3.8, 4) is 6.07 Å². The van der Waals surface area contributed by atoms with Gasteiger partial charge in [-0.1, -0.05) is 0 Å². The van der Waals surface area contributed by atoms with Crippen molar-refractivity contribution in [3.05, 3.63) is 89.5 Å². The third-order valence-corrected chi connectivity index (χ3v) is 3.73. The highest BCUT2D eigenvalue weighted by atomic mass is 16.2. The molecule has 2 amide bonds. The molecule has 7 heteroatoms. The van der Waals surface area contributed by atoms with Crippen LogP contribution in [0, 0.1) is 11.3 Å². The van der Waals surface area contributed by atoms with E-state index < -0.39 is 0 Å². The van der Waals surface area contributed by atoms with Gasteiger partial charge in [-0.25, -0.2) is 0 Å². The lowest BCUT2D eigenvalue weighted by atomic mass is 10.2. The summed E-state index contributed by atoms with van der Waals surface area (Å²) in [5.41, 5.74) is 2.43. The molecule has 27 heavy (non-hydrogen) atoms. The van der Waals surface area contributed by atoms with Crippen LogP contribution in [0.25, 0.3) is 0 Å². The number of anilines is 1. The third-order valence-electron chi connectivity index (χ3n) is 3.73. The van der Waals surface area contributed by atoms with Gasteiger partial charge >= 0.3 is 0 Å². The van der Waals surface area contributed by atoms with Crippen molar-refractivity contribution in [2.24, 2.45) is 0 Å². The number of aromatic nitrogens is 2. The Hall–Kier alpha value is -4.05. The van der Waals surface area contributed by atoms with Crippen LogP contribution in [0.4, 0.5) is 5.69 Å². The molecular weight excluding hydrogens is 342 g/mol. The van der Waals surface area contributed by atoms with Gasteiger partial charge in [0, 0.05) is 36.4 Å². The number of benzene rings is 1. The molecule has 3 rings (SSSR count). The SMILES string of the molecule is N#Cc1ccc(NC(=O)c2ccnc(C(=O)NCc3ccncc3)c2)cc1. The zero-order valence-electron chi connectivity index (χ0n) is 14.2. The molecule has 2 aromatic heterocycles. The number of hydrogen-bond acceptors (Lipinski definition) is 5.